The summed E-state index contributed by atoms with van der Waals surface area (Å²) in [6, 6.07) is 12.3. The number of hydrogen-bond donors (Lipinski definition) is 3. The first kappa shape index (κ1) is 19.3. The minimum Gasteiger partial charge on any atom is -0.497 e. The number of methoxy groups -OCH3 is 1. The van der Waals surface area contributed by atoms with E-state index in [2.05, 4.69) is 44.2 Å². The van der Waals surface area contributed by atoms with Crippen LogP contribution in [0.4, 0.5) is 23.1 Å². The summed E-state index contributed by atoms with van der Waals surface area (Å²) in [4.78, 5) is 9.23. The van der Waals surface area contributed by atoms with Gasteiger partial charge in [-0.1, -0.05) is 6.07 Å². The molecule has 1 aliphatic heterocycles. The fourth-order valence-electron chi connectivity index (χ4n) is 3.91. The molecule has 0 unspecified atom stereocenters. The zero-order valence-corrected chi connectivity index (χ0v) is 17.9. The van der Waals surface area contributed by atoms with E-state index in [4.69, 9.17) is 9.72 Å². The van der Waals surface area contributed by atoms with Gasteiger partial charge in [-0.25, -0.2) is 9.67 Å². The first-order valence-electron chi connectivity index (χ1n) is 10.3. The quantitative estimate of drug-likeness (QED) is 0.457. The normalized spacial score (nSPS) is 13.1. The predicted molar refractivity (Wildman–Crippen MR) is 122 cm³/mol. The van der Waals surface area contributed by atoms with Gasteiger partial charge in [0.15, 0.2) is 11.5 Å². The van der Waals surface area contributed by atoms with E-state index >= 15 is 0 Å². The third-order valence-electron chi connectivity index (χ3n) is 5.62. The van der Waals surface area contributed by atoms with Crippen LogP contribution in [0.3, 0.4) is 0 Å². The first-order valence-corrected chi connectivity index (χ1v) is 10.3. The van der Waals surface area contributed by atoms with Gasteiger partial charge in [0.05, 0.1) is 12.5 Å². The Bertz CT molecular complexity index is 1260. The highest BCUT2D eigenvalue weighted by atomic mass is 16.5. The van der Waals surface area contributed by atoms with E-state index in [0.29, 0.717) is 5.95 Å². The molecule has 1 aliphatic rings. The van der Waals surface area contributed by atoms with E-state index in [1.165, 1.54) is 11.1 Å². The summed E-state index contributed by atoms with van der Waals surface area (Å²) in [6.45, 7) is 3.96. The summed E-state index contributed by atoms with van der Waals surface area (Å²) in [5, 5.41) is 15.6. The van der Waals surface area contributed by atoms with Crippen molar-refractivity contribution in [2.75, 3.05) is 24.3 Å². The molecule has 0 saturated carbocycles. The molecule has 0 radical (unpaired) electrons. The van der Waals surface area contributed by atoms with Crippen LogP contribution in [0.1, 0.15) is 16.7 Å². The molecule has 2 aromatic carbocycles. The number of aryl methyl sites for hydroxylation is 2. The summed E-state index contributed by atoms with van der Waals surface area (Å²) in [6.07, 6.45) is 2.87. The third-order valence-corrected chi connectivity index (χ3v) is 5.62. The largest absolute Gasteiger partial charge is 0.497 e. The van der Waals surface area contributed by atoms with Crippen molar-refractivity contribution in [2.45, 2.75) is 19.9 Å². The van der Waals surface area contributed by atoms with Crippen molar-refractivity contribution in [3.05, 3.63) is 59.3 Å². The van der Waals surface area contributed by atoms with Crippen molar-refractivity contribution in [1.29, 1.82) is 0 Å². The minimum absolute atomic E-state index is 0.548. The lowest BCUT2D eigenvalue weighted by atomic mass is 10.0. The van der Waals surface area contributed by atoms with E-state index < -0.39 is 0 Å². The number of benzene rings is 2. The van der Waals surface area contributed by atoms with Gasteiger partial charge in [-0.2, -0.15) is 10.1 Å². The molecule has 8 heteroatoms. The van der Waals surface area contributed by atoms with Gasteiger partial charge in [0, 0.05) is 31.2 Å². The Labute approximate surface area is 180 Å². The summed E-state index contributed by atoms with van der Waals surface area (Å²) < 4.78 is 7.05. The molecule has 158 valence electrons. The summed E-state index contributed by atoms with van der Waals surface area (Å²) >= 11 is 0. The molecule has 0 atom stereocenters. The van der Waals surface area contributed by atoms with Gasteiger partial charge in [-0.05, 0) is 66.9 Å². The van der Waals surface area contributed by atoms with Crippen LogP contribution in [0.5, 0.6) is 5.75 Å². The van der Waals surface area contributed by atoms with Gasteiger partial charge in [0.2, 0.25) is 5.95 Å². The van der Waals surface area contributed by atoms with Crippen LogP contribution in [-0.2, 0) is 20.0 Å². The Morgan fingerprint density at radius 2 is 2.00 bits per heavy atom. The molecule has 3 heterocycles. The van der Waals surface area contributed by atoms with Crippen molar-refractivity contribution in [1.82, 2.24) is 25.1 Å². The Balaban J connectivity index is 1.41. The van der Waals surface area contributed by atoms with Crippen LogP contribution >= 0.6 is 0 Å². The number of ether oxygens (including phenoxy) is 1. The highest BCUT2D eigenvalue weighted by Crippen LogP contribution is 2.29. The first-order chi connectivity index (χ1) is 15.1. The molecular weight excluding hydrogens is 390 g/mol. The topological polar surface area (TPSA) is 88.9 Å². The lowest BCUT2D eigenvalue weighted by Gasteiger charge is -2.18. The molecule has 8 nitrogen and oxygen atoms in total. The molecule has 0 aliphatic carbocycles. The summed E-state index contributed by atoms with van der Waals surface area (Å²) in [5.74, 6) is 2.09. The maximum Gasteiger partial charge on any atom is 0.229 e. The molecule has 0 fully saturated rings. The van der Waals surface area contributed by atoms with Gasteiger partial charge < -0.3 is 20.7 Å². The molecule has 0 bridgehead atoms. The number of aromatic nitrogens is 4. The maximum absolute atomic E-state index is 5.29. The summed E-state index contributed by atoms with van der Waals surface area (Å²) in [5.41, 5.74) is 6.49. The van der Waals surface area contributed by atoms with E-state index in [1.807, 2.05) is 32.2 Å². The second-order valence-electron chi connectivity index (χ2n) is 7.74. The fraction of sp³-hybridized carbons (Fsp3) is 0.261. The molecule has 4 aromatic rings. The zero-order valence-electron chi connectivity index (χ0n) is 17.9. The predicted octanol–water partition coefficient (Wildman–Crippen LogP) is 3.81. The second kappa shape index (κ2) is 7.88. The highest BCUT2D eigenvalue weighted by Gasteiger charge is 2.14. The van der Waals surface area contributed by atoms with Gasteiger partial charge in [-0.3, -0.25) is 0 Å². The maximum atomic E-state index is 5.29. The Kier molecular flexibility index (Phi) is 4.91. The highest BCUT2D eigenvalue weighted by molar-refractivity contribution is 5.90. The number of rotatable bonds is 5. The average Bonchev–Trinajstić information content (AvgIpc) is 3.09. The van der Waals surface area contributed by atoms with Crippen molar-refractivity contribution < 1.29 is 4.74 Å². The number of fused-ring (bicyclic) bond motifs is 2. The van der Waals surface area contributed by atoms with Gasteiger partial charge in [0.1, 0.15) is 5.75 Å². The lowest BCUT2D eigenvalue weighted by molar-refractivity contribution is 0.414. The summed E-state index contributed by atoms with van der Waals surface area (Å²) in [7, 11) is 3.55. The van der Waals surface area contributed by atoms with Crippen molar-refractivity contribution in [3.8, 4) is 5.75 Å². The molecule has 31 heavy (non-hydrogen) atoms. The van der Waals surface area contributed by atoms with Gasteiger partial charge >= 0.3 is 0 Å². The fourth-order valence-corrected chi connectivity index (χ4v) is 3.91. The van der Waals surface area contributed by atoms with E-state index in [1.54, 1.807) is 18.0 Å². The zero-order chi connectivity index (χ0) is 21.4. The number of anilines is 4. The minimum atomic E-state index is 0.548. The number of nitrogens with zero attached hydrogens (tertiary/aromatic N) is 4. The van der Waals surface area contributed by atoms with Crippen LogP contribution in [-0.4, -0.2) is 33.4 Å². The number of hydrogen-bond acceptors (Lipinski definition) is 7. The van der Waals surface area contributed by atoms with Gasteiger partial charge in [-0.15, -0.1) is 0 Å². The number of nitrogens with one attached hydrogen (secondary N) is 3. The van der Waals surface area contributed by atoms with Crippen LogP contribution in [0.25, 0.3) is 11.0 Å². The standard InChI is InChI=1S/C23H25N7O/c1-14-10-18(31-3)6-7-20(14)27-21-19-13-25-23(28-22(19)30(2)29-21)26-17-5-4-15-8-9-24-12-16(15)11-17/h4-7,10-11,13,24H,8-9,12H2,1-3H3,(H,27,29)(H,25,26,28). The van der Waals surface area contributed by atoms with E-state index in [0.717, 1.165) is 59.0 Å². The third kappa shape index (κ3) is 3.77. The van der Waals surface area contributed by atoms with Crippen LogP contribution < -0.4 is 20.7 Å². The second-order valence-corrected chi connectivity index (χ2v) is 7.74. The molecule has 5 rings (SSSR count). The smallest absolute Gasteiger partial charge is 0.229 e. The van der Waals surface area contributed by atoms with E-state index in [-0.39, 0.29) is 0 Å². The van der Waals surface area contributed by atoms with Crippen LogP contribution in [0.2, 0.25) is 0 Å². The molecule has 2 aromatic heterocycles. The Morgan fingerprint density at radius 3 is 2.84 bits per heavy atom. The lowest BCUT2D eigenvalue weighted by Crippen LogP contribution is -2.23. The SMILES string of the molecule is COc1ccc(Nc2nn(C)c3nc(Nc4ccc5c(c4)CNCC5)ncc23)c(C)c1. The van der Waals surface area contributed by atoms with Crippen molar-refractivity contribution >= 4 is 34.2 Å². The molecule has 0 spiro atoms. The molecule has 3 N–H and O–H groups in total. The Hall–Kier alpha value is -3.65. The van der Waals surface area contributed by atoms with Crippen LogP contribution in [0.15, 0.2) is 42.6 Å². The van der Waals surface area contributed by atoms with Crippen molar-refractivity contribution in [2.24, 2.45) is 7.05 Å². The van der Waals surface area contributed by atoms with E-state index in [9.17, 15) is 0 Å². The monoisotopic (exact) mass is 415 g/mol. The van der Waals surface area contributed by atoms with Crippen molar-refractivity contribution in [3.63, 3.8) is 0 Å². The van der Waals surface area contributed by atoms with Gasteiger partial charge in [0.25, 0.3) is 0 Å². The average molecular weight is 416 g/mol. The molecular formula is C23H25N7O. The Morgan fingerprint density at radius 1 is 1.10 bits per heavy atom. The van der Waals surface area contributed by atoms with Crippen LogP contribution in [0, 0.1) is 6.92 Å². The molecule has 0 amide bonds. The molecule has 0 saturated heterocycles.